The Kier molecular flexibility index (Phi) is 6.18. The number of piperazine rings is 1. The van der Waals surface area contributed by atoms with Crippen LogP contribution in [0.5, 0.6) is 0 Å². The van der Waals surface area contributed by atoms with Crippen LogP contribution in [0.2, 0.25) is 0 Å². The molecule has 2 unspecified atom stereocenters. The second kappa shape index (κ2) is 7.90. The molecule has 0 amide bonds. The highest BCUT2D eigenvalue weighted by Gasteiger charge is 2.33. The number of rotatable bonds is 6. The Hall–Kier alpha value is -0.940. The van der Waals surface area contributed by atoms with Crippen molar-refractivity contribution in [3.05, 3.63) is 0 Å². The normalized spacial score (nSPS) is 27.1. The van der Waals surface area contributed by atoms with E-state index in [1.807, 2.05) is 0 Å². The zero-order valence-corrected chi connectivity index (χ0v) is 13.3. The number of esters is 1. The molecule has 0 aromatic carbocycles. The first kappa shape index (κ1) is 16.4. The summed E-state index contributed by atoms with van der Waals surface area (Å²) in [5.74, 6) is -0.116. The Morgan fingerprint density at radius 3 is 2.76 bits per heavy atom. The van der Waals surface area contributed by atoms with Crippen molar-refractivity contribution in [1.29, 1.82) is 0 Å². The molecular weight excluding hydrogens is 268 g/mol. The maximum Gasteiger partial charge on any atom is 0.306 e. The Morgan fingerprint density at radius 1 is 1.19 bits per heavy atom. The van der Waals surface area contributed by atoms with Crippen molar-refractivity contribution in [3.8, 4) is 0 Å². The summed E-state index contributed by atoms with van der Waals surface area (Å²) < 4.78 is 4.86. The number of carbonyl (C=O) groups excluding carboxylic acids is 2. The van der Waals surface area contributed by atoms with Gasteiger partial charge < -0.3 is 4.74 Å². The van der Waals surface area contributed by atoms with E-state index in [1.54, 1.807) is 6.92 Å². The van der Waals surface area contributed by atoms with Crippen LogP contribution in [0.25, 0.3) is 0 Å². The lowest BCUT2D eigenvalue weighted by molar-refractivity contribution is -0.144. The molecule has 0 bridgehead atoms. The fourth-order valence-electron chi connectivity index (χ4n) is 3.41. The molecule has 0 saturated carbocycles. The van der Waals surface area contributed by atoms with Gasteiger partial charge in [0.1, 0.15) is 5.78 Å². The van der Waals surface area contributed by atoms with Crippen LogP contribution in [0, 0.1) is 0 Å². The summed E-state index contributed by atoms with van der Waals surface area (Å²) >= 11 is 0. The Labute approximate surface area is 127 Å². The molecule has 2 fully saturated rings. The van der Waals surface area contributed by atoms with Crippen molar-refractivity contribution in [2.24, 2.45) is 0 Å². The lowest BCUT2D eigenvalue weighted by Crippen LogP contribution is -2.59. The summed E-state index contributed by atoms with van der Waals surface area (Å²) in [7, 11) is 0. The highest BCUT2D eigenvalue weighted by atomic mass is 16.5. The predicted octanol–water partition coefficient (Wildman–Crippen LogP) is 1.46. The number of ketones is 1. The molecule has 0 N–H and O–H groups in total. The van der Waals surface area contributed by atoms with Crippen LogP contribution in [0.1, 0.15) is 46.0 Å². The van der Waals surface area contributed by atoms with E-state index in [-0.39, 0.29) is 18.2 Å². The molecule has 2 atom stereocenters. The molecule has 0 spiro atoms. The average molecular weight is 296 g/mol. The summed E-state index contributed by atoms with van der Waals surface area (Å²) in [6.07, 6.45) is 4.38. The smallest absolute Gasteiger partial charge is 0.306 e. The fraction of sp³-hybridized carbons (Fsp3) is 0.875. The average Bonchev–Trinajstić information content (AvgIpc) is 2.46. The van der Waals surface area contributed by atoms with E-state index < -0.39 is 0 Å². The summed E-state index contributed by atoms with van der Waals surface area (Å²) in [5, 5.41) is 0. The third-order valence-electron chi connectivity index (χ3n) is 4.61. The number of carbonyl (C=O) groups is 2. The Morgan fingerprint density at radius 2 is 2.00 bits per heavy atom. The minimum Gasteiger partial charge on any atom is -0.466 e. The van der Waals surface area contributed by atoms with Gasteiger partial charge in [0.2, 0.25) is 0 Å². The molecular formula is C16H28N2O3. The van der Waals surface area contributed by atoms with Crippen molar-refractivity contribution >= 4 is 11.8 Å². The monoisotopic (exact) mass is 296 g/mol. The molecule has 5 nitrogen and oxygen atoms in total. The fourth-order valence-corrected chi connectivity index (χ4v) is 3.41. The molecule has 2 rings (SSSR count). The zero-order chi connectivity index (χ0) is 15.2. The van der Waals surface area contributed by atoms with Gasteiger partial charge in [0.05, 0.1) is 19.6 Å². The van der Waals surface area contributed by atoms with Crippen molar-refractivity contribution in [2.45, 2.75) is 58.0 Å². The van der Waals surface area contributed by atoms with E-state index in [1.165, 1.54) is 25.8 Å². The number of Topliss-reactive ketones (excluding diaryl/α,β-unsaturated/α-hetero) is 1. The second-order valence-electron chi connectivity index (χ2n) is 6.27. The Balaban J connectivity index is 1.76. The first-order chi connectivity index (χ1) is 10.1. The third kappa shape index (κ3) is 4.78. The van der Waals surface area contributed by atoms with Gasteiger partial charge in [0.15, 0.2) is 0 Å². The second-order valence-corrected chi connectivity index (χ2v) is 6.27. The molecule has 21 heavy (non-hydrogen) atoms. The van der Waals surface area contributed by atoms with Crippen LogP contribution in [-0.4, -0.2) is 66.4 Å². The minimum absolute atomic E-state index is 0.152. The maximum absolute atomic E-state index is 12.1. The molecule has 2 heterocycles. The van der Waals surface area contributed by atoms with E-state index >= 15 is 0 Å². The Bertz CT molecular complexity index is 373. The van der Waals surface area contributed by atoms with Crippen molar-refractivity contribution < 1.29 is 14.3 Å². The number of nitrogens with zero attached hydrogens (tertiary/aromatic N) is 2. The van der Waals surface area contributed by atoms with Gasteiger partial charge in [-0.3, -0.25) is 19.4 Å². The molecule has 2 aliphatic rings. The molecule has 2 aliphatic heterocycles. The predicted molar refractivity (Wildman–Crippen MR) is 81.1 cm³/mol. The van der Waals surface area contributed by atoms with E-state index in [0.29, 0.717) is 31.7 Å². The molecule has 0 aromatic heterocycles. The van der Waals surface area contributed by atoms with Gasteiger partial charge in [-0.05, 0) is 33.2 Å². The van der Waals surface area contributed by atoms with Gasteiger partial charge in [-0.15, -0.1) is 0 Å². The largest absolute Gasteiger partial charge is 0.466 e. The molecule has 5 heteroatoms. The first-order valence-electron chi connectivity index (χ1n) is 8.25. The van der Waals surface area contributed by atoms with Crippen molar-refractivity contribution in [1.82, 2.24) is 9.80 Å². The first-order valence-corrected chi connectivity index (χ1v) is 8.25. The van der Waals surface area contributed by atoms with Gasteiger partial charge >= 0.3 is 5.97 Å². The number of fused-ring (bicyclic) bond motifs is 1. The van der Waals surface area contributed by atoms with Gasteiger partial charge in [-0.25, -0.2) is 0 Å². The van der Waals surface area contributed by atoms with E-state index in [0.717, 1.165) is 13.1 Å². The molecule has 0 aromatic rings. The van der Waals surface area contributed by atoms with Gasteiger partial charge in [-0.2, -0.15) is 0 Å². The molecule has 120 valence electrons. The highest BCUT2D eigenvalue weighted by Crippen LogP contribution is 2.23. The van der Waals surface area contributed by atoms with Gasteiger partial charge in [-0.1, -0.05) is 6.42 Å². The van der Waals surface area contributed by atoms with Crippen LogP contribution < -0.4 is 0 Å². The van der Waals surface area contributed by atoms with Crippen molar-refractivity contribution in [2.75, 3.05) is 32.8 Å². The minimum atomic E-state index is -0.268. The van der Waals surface area contributed by atoms with E-state index in [9.17, 15) is 9.59 Å². The van der Waals surface area contributed by atoms with Gasteiger partial charge in [0.25, 0.3) is 0 Å². The van der Waals surface area contributed by atoms with E-state index in [2.05, 4.69) is 16.7 Å². The van der Waals surface area contributed by atoms with Gasteiger partial charge in [0, 0.05) is 31.6 Å². The topological polar surface area (TPSA) is 49.9 Å². The van der Waals surface area contributed by atoms with Crippen LogP contribution in [0.15, 0.2) is 0 Å². The summed E-state index contributed by atoms with van der Waals surface area (Å²) in [6.45, 7) is 8.11. The van der Waals surface area contributed by atoms with Crippen molar-refractivity contribution in [3.63, 3.8) is 0 Å². The molecule has 0 aliphatic carbocycles. The van der Waals surface area contributed by atoms with Crippen LogP contribution >= 0.6 is 0 Å². The summed E-state index contributed by atoms with van der Waals surface area (Å²) in [5.41, 5.74) is 0. The number of hydrogen-bond donors (Lipinski definition) is 0. The standard InChI is InChI=1S/C16H28N2O3/c1-3-21-16(20)8-7-15(19)12-18-11-14-6-4-5-9-17(14)10-13(18)2/h13-14H,3-12H2,1-2H3. The quantitative estimate of drug-likeness (QED) is 0.695. The number of piperidine rings is 1. The van der Waals surface area contributed by atoms with E-state index in [4.69, 9.17) is 4.74 Å². The summed E-state index contributed by atoms with van der Waals surface area (Å²) in [4.78, 5) is 28.2. The zero-order valence-electron chi connectivity index (χ0n) is 13.3. The van der Waals surface area contributed by atoms with Crippen LogP contribution in [0.3, 0.4) is 0 Å². The van der Waals surface area contributed by atoms with Crippen LogP contribution in [0.4, 0.5) is 0 Å². The summed E-state index contributed by atoms with van der Waals surface area (Å²) in [6, 6.07) is 1.04. The molecule has 0 radical (unpaired) electrons. The SMILES string of the molecule is CCOC(=O)CCC(=O)CN1CC2CCCCN2CC1C. The lowest BCUT2D eigenvalue weighted by atomic mass is 9.97. The molecule has 2 saturated heterocycles. The lowest BCUT2D eigenvalue weighted by Gasteiger charge is -2.47. The maximum atomic E-state index is 12.1. The number of ether oxygens (including phenoxy) is 1. The third-order valence-corrected chi connectivity index (χ3v) is 4.61. The highest BCUT2D eigenvalue weighted by molar-refractivity contribution is 5.84. The number of hydrogen-bond acceptors (Lipinski definition) is 5. The van der Waals surface area contributed by atoms with Crippen LogP contribution in [-0.2, 0) is 14.3 Å².